The Hall–Kier alpha value is -2.28. The van der Waals surface area contributed by atoms with E-state index in [-0.39, 0.29) is 0 Å². The number of nitrogens with one attached hydrogen (secondary N) is 1. The van der Waals surface area contributed by atoms with Crippen LogP contribution in [0.2, 0.25) is 0 Å². The van der Waals surface area contributed by atoms with Crippen molar-refractivity contribution < 1.29 is 4.79 Å². The number of amides is 1. The van der Waals surface area contributed by atoms with Crippen LogP contribution in [0.1, 0.15) is 11.6 Å². The van der Waals surface area contributed by atoms with E-state index in [1.165, 1.54) is 0 Å². The second-order valence-electron chi connectivity index (χ2n) is 3.24. The zero-order valence-corrected chi connectivity index (χ0v) is 8.29. The second kappa shape index (κ2) is 4.07. The number of hydrogen-bond acceptors (Lipinski definition) is 5. The Kier molecular flexibility index (Phi) is 2.61. The number of nitrogens with zero attached hydrogens (tertiary/aromatic N) is 3. The number of hydrogen-bond donors (Lipinski definition) is 3. The van der Waals surface area contributed by atoms with Crippen LogP contribution in [0, 0.1) is 0 Å². The van der Waals surface area contributed by atoms with E-state index in [0.717, 1.165) is 5.56 Å². The third-order valence-electron chi connectivity index (χ3n) is 2.16. The summed E-state index contributed by atoms with van der Waals surface area (Å²) < 4.78 is 0. The van der Waals surface area contributed by atoms with Gasteiger partial charge in [-0.3, -0.25) is 4.79 Å². The average Bonchev–Trinajstić information content (AvgIpc) is 2.81. The largest absolute Gasteiger partial charge is 0.368 e. The molecule has 1 unspecified atom stereocenters. The Labute approximate surface area is 90.8 Å². The van der Waals surface area contributed by atoms with Gasteiger partial charge in [-0.1, -0.05) is 18.2 Å². The van der Waals surface area contributed by atoms with Crippen molar-refractivity contribution in [3.8, 4) is 11.4 Å². The van der Waals surface area contributed by atoms with Gasteiger partial charge in [0.1, 0.15) is 6.04 Å². The molecule has 1 amide bonds. The first-order valence-corrected chi connectivity index (χ1v) is 4.57. The molecule has 7 heteroatoms. The monoisotopic (exact) mass is 218 g/mol. The molecule has 0 aliphatic carbocycles. The molecule has 1 aromatic heterocycles. The molecule has 0 saturated heterocycles. The van der Waals surface area contributed by atoms with Crippen LogP contribution in [0.3, 0.4) is 0 Å². The maximum absolute atomic E-state index is 10.9. The summed E-state index contributed by atoms with van der Waals surface area (Å²) in [6.07, 6.45) is 0. The van der Waals surface area contributed by atoms with Crippen molar-refractivity contribution in [2.24, 2.45) is 11.5 Å². The van der Waals surface area contributed by atoms with Crippen LogP contribution in [0.4, 0.5) is 0 Å². The Morgan fingerprint density at radius 1 is 1.44 bits per heavy atom. The van der Waals surface area contributed by atoms with Gasteiger partial charge >= 0.3 is 0 Å². The highest BCUT2D eigenvalue weighted by atomic mass is 16.1. The summed E-state index contributed by atoms with van der Waals surface area (Å²) in [6, 6.07) is 6.15. The minimum atomic E-state index is -0.827. The third-order valence-corrected chi connectivity index (χ3v) is 2.16. The van der Waals surface area contributed by atoms with Crippen molar-refractivity contribution in [3.05, 3.63) is 29.8 Å². The fourth-order valence-corrected chi connectivity index (χ4v) is 1.32. The number of rotatable bonds is 3. The highest BCUT2D eigenvalue weighted by Gasteiger charge is 2.13. The Morgan fingerprint density at radius 2 is 2.25 bits per heavy atom. The Morgan fingerprint density at radius 3 is 2.88 bits per heavy atom. The topological polar surface area (TPSA) is 124 Å². The highest BCUT2D eigenvalue weighted by molar-refractivity contribution is 5.81. The van der Waals surface area contributed by atoms with Crippen molar-refractivity contribution in [1.82, 2.24) is 20.6 Å². The van der Waals surface area contributed by atoms with Gasteiger partial charge in [-0.25, -0.2) is 0 Å². The summed E-state index contributed by atoms with van der Waals surface area (Å²) in [7, 11) is 0. The van der Waals surface area contributed by atoms with E-state index in [1.54, 1.807) is 24.3 Å². The number of nitrogens with two attached hydrogens (primary N) is 2. The minimum absolute atomic E-state index is 0.443. The number of tetrazole rings is 1. The summed E-state index contributed by atoms with van der Waals surface area (Å²) in [5.41, 5.74) is 12.1. The van der Waals surface area contributed by atoms with E-state index in [4.69, 9.17) is 11.5 Å². The lowest BCUT2D eigenvalue weighted by atomic mass is 10.0. The zero-order valence-electron chi connectivity index (χ0n) is 8.29. The molecule has 2 rings (SSSR count). The maximum Gasteiger partial charge on any atom is 0.238 e. The van der Waals surface area contributed by atoms with Crippen LogP contribution in [0.25, 0.3) is 11.4 Å². The molecule has 1 aromatic carbocycles. The molecule has 0 aliphatic heterocycles. The van der Waals surface area contributed by atoms with Crippen molar-refractivity contribution in [1.29, 1.82) is 0 Å². The normalized spacial score (nSPS) is 12.3. The molecule has 16 heavy (non-hydrogen) atoms. The van der Waals surface area contributed by atoms with Crippen LogP contribution in [-0.2, 0) is 4.79 Å². The molecular weight excluding hydrogens is 208 g/mol. The van der Waals surface area contributed by atoms with Gasteiger partial charge in [0.05, 0.1) is 0 Å². The number of primary amides is 1. The highest BCUT2D eigenvalue weighted by Crippen LogP contribution is 2.18. The van der Waals surface area contributed by atoms with Crippen LogP contribution >= 0.6 is 0 Å². The number of H-pyrrole nitrogens is 1. The molecule has 82 valence electrons. The van der Waals surface area contributed by atoms with Crippen LogP contribution in [-0.4, -0.2) is 26.5 Å². The summed E-state index contributed by atoms with van der Waals surface area (Å²) in [5, 5.41) is 13.5. The van der Waals surface area contributed by atoms with Gasteiger partial charge in [0.25, 0.3) is 0 Å². The number of benzene rings is 1. The Bertz CT molecular complexity index is 494. The molecule has 0 fully saturated rings. The number of aromatic nitrogens is 4. The van der Waals surface area contributed by atoms with E-state index < -0.39 is 11.9 Å². The van der Waals surface area contributed by atoms with Gasteiger partial charge in [0.15, 0.2) is 0 Å². The van der Waals surface area contributed by atoms with Gasteiger partial charge in [0, 0.05) is 5.56 Å². The molecule has 2 aromatic rings. The van der Waals surface area contributed by atoms with E-state index >= 15 is 0 Å². The van der Waals surface area contributed by atoms with Gasteiger partial charge in [-0.15, -0.1) is 10.2 Å². The molecule has 0 radical (unpaired) electrons. The molecule has 0 aliphatic rings. The molecule has 1 atom stereocenters. The summed E-state index contributed by atoms with van der Waals surface area (Å²) in [5.74, 6) is -0.135. The lowest BCUT2D eigenvalue weighted by molar-refractivity contribution is -0.119. The zero-order chi connectivity index (χ0) is 11.5. The third kappa shape index (κ3) is 1.89. The van der Waals surface area contributed by atoms with Crippen LogP contribution in [0.15, 0.2) is 24.3 Å². The fraction of sp³-hybridized carbons (Fsp3) is 0.111. The number of aromatic amines is 1. The van der Waals surface area contributed by atoms with Crippen molar-refractivity contribution in [2.45, 2.75) is 6.04 Å². The van der Waals surface area contributed by atoms with E-state index in [2.05, 4.69) is 20.6 Å². The van der Waals surface area contributed by atoms with Gasteiger partial charge in [0.2, 0.25) is 11.7 Å². The summed E-state index contributed by atoms with van der Waals surface area (Å²) in [4.78, 5) is 10.9. The smallest absolute Gasteiger partial charge is 0.238 e. The van der Waals surface area contributed by atoms with Crippen molar-refractivity contribution >= 4 is 5.91 Å². The molecule has 0 bridgehead atoms. The quantitative estimate of drug-likeness (QED) is 0.631. The maximum atomic E-state index is 10.9. The average molecular weight is 218 g/mol. The van der Waals surface area contributed by atoms with Gasteiger partial charge < -0.3 is 11.5 Å². The van der Waals surface area contributed by atoms with Gasteiger partial charge in [-0.2, -0.15) is 5.21 Å². The predicted octanol–water partition coefficient (Wildman–Crippen LogP) is -0.648. The fourth-order valence-electron chi connectivity index (χ4n) is 1.32. The van der Waals surface area contributed by atoms with Crippen molar-refractivity contribution in [2.75, 3.05) is 0 Å². The first-order chi connectivity index (χ1) is 7.68. The molecular formula is C9H10N6O. The lowest BCUT2D eigenvalue weighted by Gasteiger charge is -2.07. The molecule has 7 nitrogen and oxygen atoms in total. The predicted molar refractivity (Wildman–Crippen MR) is 55.7 cm³/mol. The van der Waals surface area contributed by atoms with E-state index in [9.17, 15) is 4.79 Å². The Balaban J connectivity index is 2.37. The number of carbonyl (C=O) groups excluding carboxylic acids is 1. The van der Waals surface area contributed by atoms with Crippen LogP contribution < -0.4 is 11.5 Å². The van der Waals surface area contributed by atoms with Crippen molar-refractivity contribution in [3.63, 3.8) is 0 Å². The van der Waals surface area contributed by atoms with E-state index in [1.807, 2.05) is 0 Å². The molecule has 0 spiro atoms. The molecule has 0 saturated carbocycles. The summed E-state index contributed by atoms with van der Waals surface area (Å²) in [6.45, 7) is 0. The lowest BCUT2D eigenvalue weighted by Crippen LogP contribution is -2.28. The second-order valence-corrected chi connectivity index (χ2v) is 3.24. The minimum Gasteiger partial charge on any atom is -0.368 e. The SMILES string of the molecule is NC(=O)C(N)c1cccc(-c2nn[nH]n2)c1. The number of carbonyl (C=O) groups is 1. The van der Waals surface area contributed by atoms with Gasteiger partial charge in [-0.05, 0) is 16.8 Å². The first-order valence-electron chi connectivity index (χ1n) is 4.57. The first kappa shape index (κ1) is 10.2. The van der Waals surface area contributed by atoms with Crippen LogP contribution in [0.5, 0.6) is 0 Å². The standard InChI is InChI=1S/C9H10N6O/c10-7(8(11)16)5-2-1-3-6(4-5)9-12-14-15-13-9/h1-4,7H,10H2,(H2,11,16)(H,12,13,14,15). The molecule has 1 heterocycles. The summed E-state index contributed by atoms with van der Waals surface area (Å²) >= 11 is 0. The molecule has 5 N–H and O–H groups in total. The van der Waals surface area contributed by atoms with E-state index in [0.29, 0.717) is 11.4 Å².